The lowest BCUT2D eigenvalue weighted by Crippen LogP contribution is -2.22. The van der Waals surface area contributed by atoms with Gasteiger partial charge < -0.3 is 5.32 Å². The molecule has 6 nitrogen and oxygen atoms in total. The summed E-state index contributed by atoms with van der Waals surface area (Å²) in [6.45, 7) is 0.421. The zero-order chi connectivity index (χ0) is 15.4. The van der Waals surface area contributed by atoms with Gasteiger partial charge in [0.15, 0.2) is 0 Å². The molecule has 3 rings (SSSR count). The average molecular weight is 314 g/mol. The Labute approximate surface area is 131 Å². The molecule has 0 bridgehead atoms. The lowest BCUT2D eigenvalue weighted by atomic mass is 10.1. The summed E-state index contributed by atoms with van der Waals surface area (Å²) in [5.74, 6) is -0.201. The summed E-state index contributed by atoms with van der Waals surface area (Å²) in [5, 5.41) is 13.7. The zero-order valence-electron chi connectivity index (χ0n) is 11.5. The van der Waals surface area contributed by atoms with Gasteiger partial charge in [-0.3, -0.25) is 9.78 Å². The quantitative estimate of drug-likeness (QED) is 0.775. The Kier molecular flexibility index (Phi) is 4.11. The van der Waals surface area contributed by atoms with Gasteiger partial charge in [-0.05, 0) is 23.8 Å². The summed E-state index contributed by atoms with van der Waals surface area (Å²) in [7, 11) is 0. The van der Waals surface area contributed by atoms with E-state index in [0.29, 0.717) is 22.8 Å². The molecule has 0 saturated heterocycles. The SMILES string of the molecule is O=C(NCc1ccc(Cl)cc1)c1cncc(-c2cn[nH]n2)c1. The fourth-order valence-electron chi connectivity index (χ4n) is 1.93. The second-order valence-electron chi connectivity index (χ2n) is 4.63. The highest BCUT2D eigenvalue weighted by Crippen LogP contribution is 2.15. The van der Waals surface area contributed by atoms with Gasteiger partial charge in [-0.1, -0.05) is 23.7 Å². The molecule has 2 aromatic heterocycles. The van der Waals surface area contributed by atoms with Crippen LogP contribution in [0.1, 0.15) is 15.9 Å². The molecule has 7 heteroatoms. The van der Waals surface area contributed by atoms with Crippen LogP contribution < -0.4 is 5.32 Å². The van der Waals surface area contributed by atoms with Crippen molar-refractivity contribution in [3.05, 3.63) is 65.1 Å². The Hall–Kier alpha value is -2.73. The predicted octanol–water partition coefficient (Wildman–Crippen LogP) is 2.45. The van der Waals surface area contributed by atoms with Gasteiger partial charge in [0, 0.05) is 29.5 Å². The molecule has 0 saturated carbocycles. The van der Waals surface area contributed by atoms with Gasteiger partial charge in [0.1, 0.15) is 5.69 Å². The van der Waals surface area contributed by atoms with Gasteiger partial charge in [-0.2, -0.15) is 15.4 Å². The first kappa shape index (κ1) is 14.2. The van der Waals surface area contributed by atoms with E-state index < -0.39 is 0 Å². The van der Waals surface area contributed by atoms with Crippen molar-refractivity contribution >= 4 is 17.5 Å². The highest BCUT2D eigenvalue weighted by atomic mass is 35.5. The van der Waals surface area contributed by atoms with Crippen LogP contribution in [0.3, 0.4) is 0 Å². The number of hydrogen-bond acceptors (Lipinski definition) is 4. The van der Waals surface area contributed by atoms with E-state index in [9.17, 15) is 4.79 Å². The molecule has 0 spiro atoms. The lowest BCUT2D eigenvalue weighted by molar-refractivity contribution is 0.0950. The van der Waals surface area contributed by atoms with Crippen LogP contribution in [0.25, 0.3) is 11.3 Å². The van der Waals surface area contributed by atoms with Crippen molar-refractivity contribution in [1.29, 1.82) is 0 Å². The Morgan fingerprint density at radius 1 is 1.18 bits per heavy atom. The van der Waals surface area contributed by atoms with E-state index in [0.717, 1.165) is 11.1 Å². The molecule has 0 aliphatic heterocycles. The van der Waals surface area contributed by atoms with E-state index in [1.54, 1.807) is 30.6 Å². The number of amides is 1. The van der Waals surface area contributed by atoms with Crippen molar-refractivity contribution in [1.82, 2.24) is 25.7 Å². The second kappa shape index (κ2) is 6.36. The third kappa shape index (κ3) is 3.29. The zero-order valence-corrected chi connectivity index (χ0v) is 12.2. The summed E-state index contributed by atoms with van der Waals surface area (Å²) >= 11 is 5.83. The van der Waals surface area contributed by atoms with Crippen molar-refractivity contribution in [3.63, 3.8) is 0 Å². The van der Waals surface area contributed by atoms with Gasteiger partial charge in [0.25, 0.3) is 5.91 Å². The number of carbonyl (C=O) groups is 1. The van der Waals surface area contributed by atoms with Gasteiger partial charge in [0.05, 0.1) is 11.8 Å². The number of aromatic nitrogens is 4. The number of halogens is 1. The van der Waals surface area contributed by atoms with Crippen LogP contribution in [-0.2, 0) is 6.54 Å². The maximum atomic E-state index is 12.2. The van der Waals surface area contributed by atoms with Crippen LogP contribution in [0, 0.1) is 0 Å². The molecule has 3 aromatic rings. The van der Waals surface area contributed by atoms with E-state index in [4.69, 9.17) is 11.6 Å². The Balaban J connectivity index is 1.70. The monoisotopic (exact) mass is 313 g/mol. The third-order valence-electron chi connectivity index (χ3n) is 3.08. The first-order valence-corrected chi connectivity index (χ1v) is 6.94. The van der Waals surface area contributed by atoms with Crippen molar-refractivity contribution in [2.45, 2.75) is 6.54 Å². The van der Waals surface area contributed by atoms with Gasteiger partial charge >= 0.3 is 0 Å². The summed E-state index contributed by atoms with van der Waals surface area (Å²) in [6, 6.07) is 9.03. The highest BCUT2D eigenvalue weighted by molar-refractivity contribution is 6.30. The van der Waals surface area contributed by atoms with Crippen molar-refractivity contribution in [2.24, 2.45) is 0 Å². The van der Waals surface area contributed by atoms with Gasteiger partial charge in [-0.15, -0.1) is 0 Å². The first-order chi connectivity index (χ1) is 10.7. The molecule has 22 heavy (non-hydrogen) atoms. The van der Waals surface area contributed by atoms with Crippen LogP contribution >= 0.6 is 11.6 Å². The topological polar surface area (TPSA) is 83.6 Å². The largest absolute Gasteiger partial charge is 0.348 e. The molecule has 0 fully saturated rings. The van der Waals surface area contributed by atoms with E-state index in [1.165, 1.54) is 6.20 Å². The Morgan fingerprint density at radius 3 is 2.73 bits per heavy atom. The molecule has 0 aliphatic rings. The molecular formula is C15H12ClN5O. The lowest BCUT2D eigenvalue weighted by Gasteiger charge is -2.06. The maximum absolute atomic E-state index is 12.2. The van der Waals surface area contributed by atoms with Crippen LogP contribution in [0.5, 0.6) is 0 Å². The second-order valence-corrected chi connectivity index (χ2v) is 5.06. The molecule has 0 aliphatic carbocycles. The smallest absolute Gasteiger partial charge is 0.253 e. The maximum Gasteiger partial charge on any atom is 0.253 e. The number of benzene rings is 1. The number of pyridine rings is 1. The molecule has 2 heterocycles. The molecule has 0 atom stereocenters. The minimum atomic E-state index is -0.201. The number of nitrogens with zero attached hydrogens (tertiary/aromatic N) is 3. The number of carbonyl (C=O) groups excluding carboxylic acids is 1. The van der Waals surface area contributed by atoms with Crippen LogP contribution in [-0.4, -0.2) is 26.3 Å². The fraction of sp³-hybridized carbons (Fsp3) is 0.0667. The number of nitrogens with one attached hydrogen (secondary N) is 2. The standard InChI is InChI=1S/C15H12ClN5O/c16-13-3-1-10(2-4-13)6-18-15(22)12-5-11(7-17-8-12)14-9-19-21-20-14/h1-5,7-9H,6H2,(H,18,22)(H,19,20,21). The Bertz CT molecular complexity index is 771. The number of aromatic amines is 1. The average Bonchev–Trinajstić information content (AvgIpc) is 3.09. The number of H-pyrrole nitrogens is 1. The molecular weight excluding hydrogens is 302 g/mol. The molecule has 110 valence electrons. The van der Waals surface area contributed by atoms with Crippen molar-refractivity contribution in [3.8, 4) is 11.3 Å². The van der Waals surface area contributed by atoms with Gasteiger partial charge in [0.2, 0.25) is 0 Å². The van der Waals surface area contributed by atoms with Crippen LogP contribution in [0.2, 0.25) is 5.02 Å². The minimum absolute atomic E-state index is 0.201. The fourth-order valence-corrected chi connectivity index (χ4v) is 2.06. The summed E-state index contributed by atoms with van der Waals surface area (Å²) < 4.78 is 0. The van der Waals surface area contributed by atoms with E-state index in [1.807, 2.05) is 12.1 Å². The first-order valence-electron chi connectivity index (χ1n) is 6.56. The molecule has 1 aromatic carbocycles. The van der Waals surface area contributed by atoms with E-state index >= 15 is 0 Å². The summed E-state index contributed by atoms with van der Waals surface area (Å²) in [4.78, 5) is 16.3. The summed E-state index contributed by atoms with van der Waals surface area (Å²) in [5.41, 5.74) is 2.81. The minimum Gasteiger partial charge on any atom is -0.348 e. The van der Waals surface area contributed by atoms with Crippen LogP contribution in [0.15, 0.2) is 48.9 Å². The molecule has 0 unspecified atom stereocenters. The van der Waals surface area contributed by atoms with Crippen LogP contribution in [0.4, 0.5) is 0 Å². The predicted molar refractivity (Wildman–Crippen MR) is 82.2 cm³/mol. The number of hydrogen-bond donors (Lipinski definition) is 2. The molecule has 2 N–H and O–H groups in total. The molecule has 1 amide bonds. The normalized spacial score (nSPS) is 10.4. The Morgan fingerprint density at radius 2 is 2.00 bits per heavy atom. The van der Waals surface area contributed by atoms with E-state index in [-0.39, 0.29) is 5.91 Å². The molecule has 0 radical (unpaired) electrons. The summed E-state index contributed by atoms with van der Waals surface area (Å²) in [6.07, 6.45) is 4.72. The van der Waals surface area contributed by atoms with Gasteiger partial charge in [-0.25, -0.2) is 0 Å². The van der Waals surface area contributed by atoms with E-state index in [2.05, 4.69) is 25.7 Å². The highest BCUT2D eigenvalue weighted by Gasteiger charge is 2.09. The number of rotatable bonds is 4. The third-order valence-corrected chi connectivity index (χ3v) is 3.33. The van der Waals surface area contributed by atoms with Crippen molar-refractivity contribution < 1.29 is 4.79 Å². The van der Waals surface area contributed by atoms with Crippen molar-refractivity contribution in [2.75, 3.05) is 0 Å².